The first-order chi connectivity index (χ1) is 8.54. The molecule has 0 aliphatic carbocycles. The molecule has 0 aliphatic heterocycles. The number of aromatic nitrogens is 3. The number of aryl methyl sites for hydroxylation is 3. The van der Waals surface area contributed by atoms with E-state index in [0.29, 0.717) is 17.3 Å². The summed E-state index contributed by atoms with van der Waals surface area (Å²) in [5.74, 6) is 0. The van der Waals surface area contributed by atoms with Crippen LogP contribution in [-0.2, 0) is 6.54 Å². The zero-order chi connectivity index (χ0) is 13.3. The molecule has 0 aliphatic rings. The molecule has 2 heterocycles. The Morgan fingerprint density at radius 1 is 1.39 bits per heavy atom. The number of aliphatic hydroxyl groups excluding tert-OH is 1. The van der Waals surface area contributed by atoms with Crippen molar-refractivity contribution in [2.24, 2.45) is 0 Å². The molecule has 2 rings (SSSR count). The fourth-order valence-corrected chi connectivity index (χ4v) is 2.27. The number of hydrogen-bond donors (Lipinski definition) is 1. The first-order valence-corrected chi connectivity index (χ1v) is 6.25. The molecule has 0 aromatic carbocycles. The van der Waals surface area contributed by atoms with E-state index in [0.717, 1.165) is 17.0 Å². The quantitative estimate of drug-likeness (QED) is 0.928. The van der Waals surface area contributed by atoms with Gasteiger partial charge in [0.05, 0.1) is 16.9 Å². The second-order valence-electron chi connectivity index (χ2n) is 4.22. The molecule has 4 nitrogen and oxygen atoms in total. The van der Waals surface area contributed by atoms with Gasteiger partial charge < -0.3 is 5.11 Å². The van der Waals surface area contributed by atoms with Crippen molar-refractivity contribution in [1.82, 2.24) is 14.8 Å². The van der Waals surface area contributed by atoms with E-state index < -0.39 is 6.10 Å². The number of rotatable bonds is 3. The molecule has 1 atom stereocenters. The molecule has 96 valence electrons. The lowest BCUT2D eigenvalue weighted by molar-refractivity contribution is 0.207. The predicted molar refractivity (Wildman–Crippen MR) is 70.7 cm³/mol. The number of pyridine rings is 1. The standard InChI is InChI=1S/C13H16ClN3O/c1-4-17-12(11(14)7-15-17)13(18)10-6-5-8(2)16-9(10)3/h5-7,13,18H,4H2,1-3H3. The number of halogens is 1. The van der Waals surface area contributed by atoms with Crippen molar-refractivity contribution in [3.8, 4) is 0 Å². The van der Waals surface area contributed by atoms with Crippen molar-refractivity contribution in [1.29, 1.82) is 0 Å². The van der Waals surface area contributed by atoms with Crippen LogP contribution in [0.3, 0.4) is 0 Å². The smallest absolute Gasteiger partial charge is 0.124 e. The van der Waals surface area contributed by atoms with Crippen LogP contribution >= 0.6 is 11.6 Å². The van der Waals surface area contributed by atoms with Crippen molar-refractivity contribution < 1.29 is 5.11 Å². The Bertz CT molecular complexity index is 565. The first-order valence-electron chi connectivity index (χ1n) is 5.88. The number of hydrogen-bond acceptors (Lipinski definition) is 3. The molecular weight excluding hydrogens is 250 g/mol. The summed E-state index contributed by atoms with van der Waals surface area (Å²) in [6.07, 6.45) is 0.758. The summed E-state index contributed by atoms with van der Waals surface area (Å²) in [7, 11) is 0. The van der Waals surface area contributed by atoms with Crippen LogP contribution in [0.1, 0.15) is 35.7 Å². The van der Waals surface area contributed by atoms with Crippen molar-refractivity contribution in [3.05, 3.63) is 46.0 Å². The van der Waals surface area contributed by atoms with E-state index in [-0.39, 0.29) is 0 Å². The number of nitrogens with zero attached hydrogens (tertiary/aromatic N) is 3. The summed E-state index contributed by atoms with van der Waals surface area (Å²) in [5, 5.41) is 15.1. The van der Waals surface area contributed by atoms with Crippen LogP contribution in [-0.4, -0.2) is 19.9 Å². The first kappa shape index (κ1) is 13.1. The van der Waals surface area contributed by atoms with Crippen LogP contribution in [0.25, 0.3) is 0 Å². The highest BCUT2D eigenvalue weighted by molar-refractivity contribution is 6.31. The van der Waals surface area contributed by atoms with E-state index >= 15 is 0 Å². The van der Waals surface area contributed by atoms with E-state index in [1.54, 1.807) is 10.9 Å². The molecule has 0 bridgehead atoms. The average Bonchev–Trinajstić information content (AvgIpc) is 2.69. The molecule has 5 heteroatoms. The lowest BCUT2D eigenvalue weighted by Gasteiger charge is -2.15. The van der Waals surface area contributed by atoms with Crippen molar-refractivity contribution in [2.45, 2.75) is 33.4 Å². The van der Waals surface area contributed by atoms with Crippen molar-refractivity contribution >= 4 is 11.6 Å². The van der Waals surface area contributed by atoms with Crippen LogP contribution in [0.5, 0.6) is 0 Å². The second kappa shape index (κ2) is 5.08. The summed E-state index contributed by atoms with van der Waals surface area (Å²) >= 11 is 6.09. The van der Waals surface area contributed by atoms with Gasteiger partial charge in [-0.1, -0.05) is 17.7 Å². The highest BCUT2D eigenvalue weighted by Crippen LogP contribution is 2.29. The van der Waals surface area contributed by atoms with Crippen LogP contribution in [0.4, 0.5) is 0 Å². The Hall–Kier alpha value is -1.39. The SMILES string of the molecule is CCn1ncc(Cl)c1C(O)c1ccc(C)nc1C. The van der Waals surface area contributed by atoms with Gasteiger partial charge in [-0.25, -0.2) is 0 Å². The van der Waals surface area contributed by atoms with Crippen molar-refractivity contribution in [2.75, 3.05) is 0 Å². The molecule has 18 heavy (non-hydrogen) atoms. The zero-order valence-electron chi connectivity index (χ0n) is 10.7. The monoisotopic (exact) mass is 265 g/mol. The normalized spacial score (nSPS) is 12.7. The molecule has 0 saturated heterocycles. The summed E-state index contributed by atoms with van der Waals surface area (Å²) in [6, 6.07) is 3.76. The maximum Gasteiger partial charge on any atom is 0.124 e. The minimum atomic E-state index is -0.798. The van der Waals surface area contributed by atoms with Gasteiger partial charge in [-0.2, -0.15) is 5.10 Å². The Morgan fingerprint density at radius 3 is 2.72 bits per heavy atom. The Balaban J connectivity index is 2.47. The summed E-state index contributed by atoms with van der Waals surface area (Å²) in [5.41, 5.74) is 3.12. The third-order valence-corrected chi connectivity index (χ3v) is 3.24. The lowest BCUT2D eigenvalue weighted by Crippen LogP contribution is -2.11. The van der Waals surface area contributed by atoms with E-state index in [1.807, 2.05) is 32.9 Å². The summed E-state index contributed by atoms with van der Waals surface area (Å²) in [6.45, 7) is 6.43. The lowest BCUT2D eigenvalue weighted by atomic mass is 10.0. The van der Waals surface area contributed by atoms with Gasteiger partial charge in [0.25, 0.3) is 0 Å². The van der Waals surface area contributed by atoms with E-state index in [9.17, 15) is 5.11 Å². The number of aliphatic hydroxyl groups is 1. The average molecular weight is 266 g/mol. The van der Waals surface area contributed by atoms with E-state index in [2.05, 4.69) is 10.1 Å². The zero-order valence-corrected chi connectivity index (χ0v) is 11.4. The van der Waals surface area contributed by atoms with Gasteiger partial charge in [0.15, 0.2) is 0 Å². The van der Waals surface area contributed by atoms with E-state index in [1.165, 1.54) is 0 Å². The summed E-state index contributed by atoms with van der Waals surface area (Å²) < 4.78 is 1.70. The van der Waals surface area contributed by atoms with Crippen LogP contribution in [0.2, 0.25) is 5.02 Å². The van der Waals surface area contributed by atoms with Crippen LogP contribution < -0.4 is 0 Å². The highest BCUT2D eigenvalue weighted by Gasteiger charge is 2.21. The molecule has 1 N–H and O–H groups in total. The van der Waals surface area contributed by atoms with Gasteiger partial charge in [0.1, 0.15) is 6.10 Å². The predicted octanol–water partition coefficient (Wildman–Crippen LogP) is 2.65. The Labute approximate surface area is 111 Å². The molecule has 0 radical (unpaired) electrons. The highest BCUT2D eigenvalue weighted by atomic mass is 35.5. The van der Waals surface area contributed by atoms with Crippen LogP contribution in [0.15, 0.2) is 18.3 Å². The molecule has 0 spiro atoms. The maximum atomic E-state index is 10.5. The molecule has 0 saturated carbocycles. The minimum Gasteiger partial charge on any atom is -0.382 e. The molecule has 2 aromatic heterocycles. The molecule has 0 fully saturated rings. The fraction of sp³-hybridized carbons (Fsp3) is 0.385. The third-order valence-electron chi connectivity index (χ3n) is 2.95. The third kappa shape index (κ3) is 2.26. The summed E-state index contributed by atoms with van der Waals surface area (Å²) in [4.78, 5) is 4.36. The topological polar surface area (TPSA) is 50.9 Å². The largest absolute Gasteiger partial charge is 0.382 e. The molecular formula is C13H16ClN3O. The van der Waals surface area contributed by atoms with Crippen molar-refractivity contribution in [3.63, 3.8) is 0 Å². The Kier molecular flexibility index (Phi) is 3.68. The maximum absolute atomic E-state index is 10.5. The van der Waals surface area contributed by atoms with Gasteiger partial charge in [-0.3, -0.25) is 9.67 Å². The Morgan fingerprint density at radius 2 is 2.11 bits per heavy atom. The van der Waals surface area contributed by atoms with E-state index in [4.69, 9.17) is 11.6 Å². The molecule has 2 aromatic rings. The van der Waals surface area contributed by atoms with Gasteiger partial charge in [-0.05, 0) is 26.8 Å². The second-order valence-corrected chi connectivity index (χ2v) is 4.63. The van der Waals surface area contributed by atoms with Gasteiger partial charge >= 0.3 is 0 Å². The molecule has 0 amide bonds. The molecule has 1 unspecified atom stereocenters. The minimum absolute atomic E-state index is 0.476. The van der Waals surface area contributed by atoms with Gasteiger partial charge in [-0.15, -0.1) is 0 Å². The van der Waals surface area contributed by atoms with Gasteiger partial charge in [0, 0.05) is 23.5 Å². The fourth-order valence-electron chi connectivity index (χ4n) is 2.03. The van der Waals surface area contributed by atoms with Crippen LogP contribution in [0, 0.1) is 13.8 Å². The van der Waals surface area contributed by atoms with Gasteiger partial charge in [0.2, 0.25) is 0 Å².